The minimum absolute atomic E-state index is 0.545. The van der Waals surface area contributed by atoms with Gasteiger partial charge in [0.25, 0.3) is 0 Å². The van der Waals surface area contributed by atoms with Crippen molar-refractivity contribution >= 4 is 45.5 Å². The Bertz CT molecular complexity index is 682. The van der Waals surface area contributed by atoms with Crippen LogP contribution in [0, 0.1) is 0 Å². The fourth-order valence-corrected chi connectivity index (χ4v) is 19.5. The monoisotopic (exact) mass is 499 g/mol. The van der Waals surface area contributed by atoms with E-state index in [1.165, 1.54) is 55.5 Å². The fourth-order valence-electron chi connectivity index (χ4n) is 3.65. The van der Waals surface area contributed by atoms with Crippen molar-refractivity contribution in [2.75, 3.05) is 5.32 Å². The van der Waals surface area contributed by atoms with Gasteiger partial charge in [-0.3, -0.25) is 0 Å². The molecule has 0 aliphatic heterocycles. The standard InChI is InChI=1S/C8H7ClN5.3C4H9.Sn/c1-14-5-3-7(13-14)12-8-10-4-2-6(9)11-8;3*1-3-4-2;/h2-3,5H,1H3,(H,10,11,12,13);3*1,3-4H2,2H3;. The van der Waals surface area contributed by atoms with Crippen molar-refractivity contribution in [1.29, 1.82) is 0 Å². The van der Waals surface area contributed by atoms with E-state index in [0.29, 0.717) is 11.1 Å². The molecule has 27 heavy (non-hydrogen) atoms. The molecule has 0 amide bonds. The second-order valence-electron chi connectivity index (χ2n) is 7.49. The Kier molecular flexibility index (Phi) is 9.36. The molecule has 0 fully saturated rings. The first-order chi connectivity index (χ1) is 13.0. The Labute approximate surface area is 173 Å². The van der Waals surface area contributed by atoms with Gasteiger partial charge in [0.2, 0.25) is 0 Å². The molecule has 0 aliphatic rings. The van der Waals surface area contributed by atoms with Crippen molar-refractivity contribution in [2.24, 2.45) is 7.05 Å². The van der Waals surface area contributed by atoms with Gasteiger partial charge in [-0.2, -0.15) is 0 Å². The summed E-state index contributed by atoms with van der Waals surface area (Å²) in [6, 6.07) is 3.99. The Morgan fingerprint density at radius 1 is 1.00 bits per heavy atom. The predicted octanol–water partition coefficient (Wildman–Crippen LogP) is 5.66. The molecular formula is C20H34ClN5Sn. The van der Waals surface area contributed by atoms with Gasteiger partial charge in [-0.15, -0.1) is 0 Å². The van der Waals surface area contributed by atoms with Gasteiger partial charge in [-0.1, -0.05) is 0 Å². The molecular weight excluding hydrogens is 464 g/mol. The van der Waals surface area contributed by atoms with E-state index in [1.54, 1.807) is 4.68 Å². The first-order valence-electron chi connectivity index (χ1n) is 10.3. The summed E-state index contributed by atoms with van der Waals surface area (Å²) in [5, 5.41) is 8.16. The van der Waals surface area contributed by atoms with Gasteiger partial charge in [-0.25, -0.2) is 0 Å². The fraction of sp³-hybridized carbons (Fsp3) is 0.650. The van der Waals surface area contributed by atoms with E-state index in [2.05, 4.69) is 42.2 Å². The van der Waals surface area contributed by atoms with E-state index < -0.39 is 18.4 Å². The number of hydrogen-bond acceptors (Lipinski definition) is 4. The third kappa shape index (κ3) is 6.63. The molecule has 2 rings (SSSR count). The van der Waals surface area contributed by atoms with Crippen molar-refractivity contribution in [3.8, 4) is 0 Å². The van der Waals surface area contributed by atoms with Crippen LogP contribution in [0.1, 0.15) is 59.3 Å². The van der Waals surface area contributed by atoms with E-state index in [9.17, 15) is 0 Å². The van der Waals surface area contributed by atoms with Crippen LogP contribution in [0.5, 0.6) is 0 Å². The quantitative estimate of drug-likeness (QED) is 0.303. The number of anilines is 2. The minimum atomic E-state index is -2.63. The SMILES string of the molecule is CCC[CH2][Sn]([CH2]CCC)([CH2]CCC)[c]1cc(Cl)nc(Nc2ccn(C)n2)n1. The molecule has 0 atom stereocenters. The van der Waals surface area contributed by atoms with Crippen LogP contribution in [-0.4, -0.2) is 38.1 Å². The molecule has 2 aromatic rings. The van der Waals surface area contributed by atoms with Crippen LogP contribution in [0.15, 0.2) is 18.3 Å². The van der Waals surface area contributed by atoms with Crippen molar-refractivity contribution < 1.29 is 0 Å². The van der Waals surface area contributed by atoms with Crippen LogP contribution >= 0.6 is 11.6 Å². The van der Waals surface area contributed by atoms with Crippen LogP contribution in [-0.2, 0) is 7.05 Å². The van der Waals surface area contributed by atoms with Crippen LogP contribution in [0.4, 0.5) is 11.8 Å². The second kappa shape index (κ2) is 11.2. The number of halogens is 1. The summed E-state index contributed by atoms with van der Waals surface area (Å²) in [5.41, 5.74) is 0. The van der Waals surface area contributed by atoms with Gasteiger partial charge in [0.15, 0.2) is 0 Å². The molecule has 0 spiro atoms. The molecule has 5 nitrogen and oxygen atoms in total. The van der Waals surface area contributed by atoms with Gasteiger partial charge in [0, 0.05) is 0 Å². The van der Waals surface area contributed by atoms with E-state index in [-0.39, 0.29) is 0 Å². The Morgan fingerprint density at radius 3 is 2.07 bits per heavy atom. The number of aromatic nitrogens is 4. The van der Waals surface area contributed by atoms with E-state index >= 15 is 0 Å². The molecule has 2 aromatic heterocycles. The number of hydrogen-bond donors (Lipinski definition) is 1. The topological polar surface area (TPSA) is 55.6 Å². The Morgan fingerprint density at radius 2 is 1.59 bits per heavy atom. The van der Waals surface area contributed by atoms with E-state index in [1.807, 2.05) is 19.3 Å². The zero-order valence-corrected chi connectivity index (χ0v) is 20.9. The summed E-state index contributed by atoms with van der Waals surface area (Å²) < 4.78 is 7.14. The zero-order valence-electron chi connectivity index (χ0n) is 17.3. The summed E-state index contributed by atoms with van der Waals surface area (Å²) in [6.45, 7) is 6.87. The van der Waals surface area contributed by atoms with Gasteiger partial charge < -0.3 is 0 Å². The first kappa shape index (κ1) is 22.5. The molecule has 0 aromatic carbocycles. The normalized spacial score (nSPS) is 11.7. The first-order valence-corrected chi connectivity index (χ1v) is 18.2. The zero-order chi connectivity index (χ0) is 19.7. The molecule has 2 heterocycles. The molecule has 0 saturated heterocycles. The van der Waals surface area contributed by atoms with Gasteiger partial charge >= 0.3 is 174 Å². The summed E-state index contributed by atoms with van der Waals surface area (Å²) in [4.78, 5) is 9.43. The summed E-state index contributed by atoms with van der Waals surface area (Å²) in [7, 11) is 1.90. The number of nitrogens with zero attached hydrogens (tertiary/aromatic N) is 4. The third-order valence-electron chi connectivity index (χ3n) is 5.22. The van der Waals surface area contributed by atoms with Gasteiger partial charge in [0.05, 0.1) is 0 Å². The molecule has 0 unspecified atom stereocenters. The van der Waals surface area contributed by atoms with Gasteiger partial charge in [-0.05, 0) is 0 Å². The number of nitrogens with one attached hydrogen (secondary N) is 1. The van der Waals surface area contributed by atoms with Crippen LogP contribution in [0.3, 0.4) is 0 Å². The van der Waals surface area contributed by atoms with Crippen molar-refractivity contribution in [3.05, 3.63) is 23.5 Å². The van der Waals surface area contributed by atoms with Crippen LogP contribution < -0.4 is 9.03 Å². The molecule has 0 radical (unpaired) electrons. The van der Waals surface area contributed by atoms with Crippen molar-refractivity contribution in [3.63, 3.8) is 0 Å². The summed E-state index contributed by atoms with van der Waals surface area (Å²) in [5.74, 6) is 1.34. The maximum absolute atomic E-state index is 6.45. The molecule has 7 heteroatoms. The van der Waals surface area contributed by atoms with Crippen LogP contribution in [0.2, 0.25) is 18.5 Å². The van der Waals surface area contributed by atoms with Crippen LogP contribution in [0.25, 0.3) is 0 Å². The average Bonchev–Trinajstić information content (AvgIpc) is 3.05. The van der Waals surface area contributed by atoms with Crippen molar-refractivity contribution in [1.82, 2.24) is 19.7 Å². The summed E-state index contributed by atoms with van der Waals surface area (Å²) >= 11 is 3.82. The van der Waals surface area contributed by atoms with Gasteiger partial charge in [0.1, 0.15) is 0 Å². The molecule has 150 valence electrons. The molecule has 0 bridgehead atoms. The second-order valence-corrected chi connectivity index (χ2v) is 20.9. The van der Waals surface area contributed by atoms with E-state index in [4.69, 9.17) is 16.6 Å². The average molecular weight is 499 g/mol. The number of rotatable bonds is 12. The van der Waals surface area contributed by atoms with Crippen molar-refractivity contribution in [2.45, 2.75) is 72.6 Å². The number of unbranched alkanes of at least 4 members (excludes halogenated alkanes) is 3. The molecule has 1 N–H and O–H groups in total. The maximum atomic E-state index is 6.45. The number of aryl methyl sites for hydroxylation is 1. The third-order valence-corrected chi connectivity index (χ3v) is 20.5. The summed E-state index contributed by atoms with van der Waals surface area (Å²) in [6.07, 6.45) is 9.54. The van der Waals surface area contributed by atoms with E-state index in [0.717, 1.165) is 5.82 Å². The molecule has 0 aliphatic carbocycles. The Balaban J connectivity index is 2.38. The Hall–Kier alpha value is -0.821. The molecule has 0 saturated carbocycles. The predicted molar refractivity (Wildman–Crippen MR) is 118 cm³/mol.